The van der Waals surface area contributed by atoms with E-state index in [1.807, 2.05) is 0 Å². The molecular formula is C17H33N3O. The Balaban J connectivity index is 1.53. The minimum Gasteiger partial charge on any atom is -0.379 e. The maximum absolute atomic E-state index is 5.47. The molecule has 21 heavy (non-hydrogen) atoms. The smallest absolute Gasteiger partial charge is 0.0594 e. The highest BCUT2D eigenvalue weighted by atomic mass is 16.5. The van der Waals surface area contributed by atoms with Gasteiger partial charge < -0.3 is 10.1 Å². The summed E-state index contributed by atoms with van der Waals surface area (Å²) in [5.41, 5.74) is 0. The summed E-state index contributed by atoms with van der Waals surface area (Å²) in [4.78, 5) is 5.44. The van der Waals surface area contributed by atoms with Crippen LogP contribution < -0.4 is 5.32 Å². The number of hydrogen-bond donors (Lipinski definition) is 1. The zero-order valence-corrected chi connectivity index (χ0v) is 13.6. The minimum atomic E-state index is 0.857. The maximum atomic E-state index is 5.47. The van der Waals surface area contributed by atoms with Gasteiger partial charge in [0.2, 0.25) is 0 Å². The summed E-state index contributed by atoms with van der Waals surface area (Å²) in [5, 5.41) is 3.53. The van der Waals surface area contributed by atoms with Gasteiger partial charge >= 0.3 is 0 Å². The summed E-state index contributed by atoms with van der Waals surface area (Å²) in [7, 11) is 0. The standard InChI is InChI=1S/C17H33N3O/c1-2-4-17(16-5-7-18-8-6-16)20(9-3-1)11-10-19-12-14-21-15-13-19/h16-18H,1-15H2. The molecular weight excluding hydrogens is 262 g/mol. The number of ether oxygens (including phenoxy) is 1. The van der Waals surface area contributed by atoms with Crippen LogP contribution in [-0.2, 0) is 4.74 Å². The molecule has 3 rings (SSSR count). The van der Waals surface area contributed by atoms with E-state index in [4.69, 9.17) is 4.74 Å². The Morgan fingerprint density at radius 1 is 0.857 bits per heavy atom. The van der Waals surface area contributed by atoms with Crippen LogP contribution in [0.3, 0.4) is 0 Å². The van der Waals surface area contributed by atoms with E-state index in [0.29, 0.717) is 0 Å². The van der Waals surface area contributed by atoms with Crippen molar-refractivity contribution in [1.29, 1.82) is 0 Å². The summed E-state index contributed by atoms with van der Waals surface area (Å²) < 4.78 is 5.47. The number of hydrogen-bond acceptors (Lipinski definition) is 4. The van der Waals surface area contributed by atoms with Crippen LogP contribution in [-0.4, -0.2) is 74.9 Å². The van der Waals surface area contributed by atoms with E-state index in [9.17, 15) is 0 Å². The van der Waals surface area contributed by atoms with E-state index in [1.54, 1.807) is 0 Å². The number of rotatable bonds is 4. The minimum absolute atomic E-state index is 0.857. The molecule has 0 saturated carbocycles. The average molecular weight is 295 g/mol. The summed E-state index contributed by atoms with van der Waals surface area (Å²) in [6, 6.07) is 0.857. The molecule has 0 spiro atoms. The second kappa shape index (κ2) is 8.47. The van der Waals surface area contributed by atoms with Gasteiger partial charge in [-0.2, -0.15) is 0 Å². The van der Waals surface area contributed by atoms with Crippen molar-refractivity contribution in [3.63, 3.8) is 0 Å². The van der Waals surface area contributed by atoms with E-state index in [0.717, 1.165) is 38.3 Å². The molecule has 0 aromatic carbocycles. The van der Waals surface area contributed by atoms with Crippen molar-refractivity contribution >= 4 is 0 Å². The van der Waals surface area contributed by atoms with Gasteiger partial charge in [0.15, 0.2) is 0 Å². The second-order valence-corrected chi connectivity index (χ2v) is 6.99. The molecule has 122 valence electrons. The van der Waals surface area contributed by atoms with Gasteiger partial charge in [0.25, 0.3) is 0 Å². The lowest BCUT2D eigenvalue weighted by atomic mass is 9.87. The van der Waals surface area contributed by atoms with Crippen molar-refractivity contribution in [3.8, 4) is 0 Å². The predicted molar refractivity (Wildman–Crippen MR) is 86.7 cm³/mol. The molecule has 0 radical (unpaired) electrons. The summed E-state index contributed by atoms with van der Waals surface area (Å²) in [6.45, 7) is 10.4. The zero-order chi connectivity index (χ0) is 14.3. The molecule has 0 amide bonds. The van der Waals surface area contributed by atoms with Crippen molar-refractivity contribution in [2.45, 2.75) is 44.6 Å². The van der Waals surface area contributed by atoms with Gasteiger partial charge in [0.1, 0.15) is 0 Å². The fourth-order valence-corrected chi connectivity index (χ4v) is 4.33. The quantitative estimate of drug-likeness (QED) is 0.852. The Hall–Kier alpha value is -0.160. The highest BCUT2D eigenvalue weighted by Gasteiger charge is 2.29. The van der Waals surface area contributed by atoms with Gasteiger partial charge in [-0.25, -0.2) is 0 Å². The van der Waals surface area contributed by atoms with Crippen LogP contribution in [0, 0.1) is 5.92 Å². The zero-order valence-electron chi connectivity index (χ0n) is 13.6. The third kappa shape index (κ3) is 4.65. The predicted octanol–water partition coefficient (Wildman–Crippen LogP) is 1.56. The van der Waals surface area contributed by atoms with Gasteiger partial charge in [0, 0.05) is 32.2 Å². The highest BCUT2D eigenvalue weighted by molar-refractivity contribution is 4.85. The molecule has 4 nitrogen and oxygen atoms in total. The number of piperidine rings is 1. The normalized spacial score (nSPS) is 31.1. The molecule has 0 aliphatic carbocycles. The van der Waals surface area contributed by atoms with Crippen LogP contribution in [0.4, 0.5) is 0 Å². The SMILES string of the molecule is C1CCC(C2CCNCC2)N(CCN2CCOCC2)CC1. The molecule has 4 heteroatoms. The van der Waals surface area contributed by atoms with E-state index < -0.39 is 0 Å². The molecule has 0 aromatic rings. The van der Waals surface area contributed by atoms with Gasteiger partial charge in [-0.05, 0) is 51.2 Å². The van der Waals surface area contributed by atoms with Crippen molar-refractivity contribution in [2.24, 2.45) is 5.92 Å². The molecule has 0 bridgehead atoms. The van der Waals surface area contributed by atoms with Crippen LogP contribution in [0.5, 0.6) is 0 Å². The summed E-state index contributed by atoms with van der Waals surface area (Å²) in [5.74, 6) is 0.939. The van der Waals surface area contributed by atoms with Crippen LogP contribution in [0.1, 0.15) is 38.5 Å². The summed E-state index contributed by atoms with van der Waals surface area (Å²) >= 11 is 0. The Labute approximate surface area is 130 Å². The fraction of sp³-hybridized carbons (Fsp3) is 1.00. The van der Waals surface area contributed by atoms with E-state index in [2.05, 4.69) is 15.1 Å². The van der Waals surface area contributed by atoms with E-state index in [1.165, 1.54) is 71.2 Å². The van der Waals surface area contributed by atoms with Crippen molar-refractivity contribution in [1.82, 2.24) is 15.1 Å². The van der Waals surface area contributed by atoms with Crippen LogP contribution in [0.2, 0.25) is 0 Å². The number of nitrogens with one attached hydrogen (secondary N) is 1. The van der Waals surface area contributed by atoms with Gasteiger partial charge in [-0.3, -0.25) is 9.80 Å². The lowest BCUT2D eigenvalue weighted by Crippen LogP contribution is -2.48. The first-order chi connectivity index (χ1) is 10.4. The Morgan fingerprint density at radius 3 is 2.48 bits per heavy atom. The van der Waals surface area contributed by atoms with Crippen molar-refractivity contribution in [3.05, 3.63) is 0 Å². The topological polar surface area (TPSA) is 27.7 Å². The lowest BCUT2D eigenvalue weighted by Gasteiger charge is -2.39. The second-order valence-electron chi connectivity index (χ2n) is 6.99. The Morgan fingerprint density at radius 2 is 1.67 bits per heavy atom. The first-order valence-corrected chi connectivity index (χ1v) is 9.18. The molecule has 1 unspecified atom stereocenters. The third-order valence-corrected chi connectivity index (χ3v) is 5.65. The van der Waals surface area contributed by atoms with Gasteiger partial charge in [0.05, 0.1) is 13.2 Å². The highest BCUT2D eigenvalue weighted by Crippen LogP contribution is 2.28. The Kier molecular flexibility index (Phi) is 6.34. The number of likely N-dealkylation sites (tertiary alicyclic amines) is 1. The van der Waals surface area contributed by atoms with Crippen molar-refractivity contribution < 1.29 is 4.74 Å². The van der Waals surface area contributed by atoms with Crippen molar-refractivity contribution in [2.75, 3.05) is 59.0 Å². The molecule has 1 N–H and O–H groups in total. The van der Waals surface area contributed by atoms with Crippen LogP contribution >= 0.6 is 0 Å². The first-order valence-electron chi connectivity index (χ1n) is 9.18. The molecule has 3 aliphatic rings. The lowest BCUT2D eigenvalue weighted by molar-refractivity contribution is 0.0273. The number of morpholine rings is 1. The van der Waals surface area contributed by atoms with Crippen LogP contribution in [0.25, 0.3) is 0 Å². The molecule has 1 atom stereocenters. The molecule has 3 aliphatic heterocycles. The Bertz CT molecular complexity index is 288. The van der Waals surface area contributed by atoms with Crippen LogP contribution in [0.15, 0.2) is 0 Å². The maximum Gasteiger partial charge on any atom is 0.0594 e. The van der Waals surface area contributed by atoms with E-state index in [-0.39, 0.29) is 0 Å². The molecule has 3 saturated heterocycles. The van der Waals surface area contributed by atoms with Gasteiger partial charge in [-0.1, -0.05) is 12.8 Å². The molecule has 3 heterocycles. The van der Waals surface area contributed by atoms with Gasteiger partial charge in [-0.15, -0.1) is 0 Å². The molecule has 0 aromatic heterocycles. The average Bonchev–Trinajstić information content (AvgIpc) is 2.80. The fourth-order valence-electron chi connectivity index (χ4n) is 4.33. The summed E-state index contributed by atoms with van der Waals surface area (Å²) in [6.07, 6.45) is 8.51. The third-order valence-electron chi connectivity index (χ3n) is 5.65. The molecule has 3 fully saturated rings. The number of nitrogens with zero attached hydrogens (tertiary/aromatic N) is 2. The monoisotopic (exact) mass is 295 g/mol. The largest absolute Gasteiger partial charge is 0.379 e. The first kappa shape index (κ1) is 15.7. The van der Waals surface area contributed by atoms with E-state index >= 15 is 0 Å².